The van der Waals surface area contributed by atoms with Crippen LogP contribution in [-0.2, 0) is 15.0 Å². The Hall–Kier alpha value is -2.37. The number of anilines is 2. The van der Waals surface area contributed by atoms with Crippen molar-refractivity contribution in [2.75, 3.05) is 51.0 Å². The van der Waals surface area contributed by atoms with Gasteiger partial charge in [-0.25, -0.2) is 4.79 Å². The molecule has 0 spiro atoms. The first kappa shape index (κ1) is 24.3. The van der Waals surface area contributed by atoms with Crippen LogP contribution in [0.25, 0.3) is 0 Å². The summed E-state index contributed by atoms with van der Waals surface area (Å²) in [6.45, 7) is 2.47. The average molecular weight is 468 g/mol. The minimum absolute atomic E-state index is 0.0541. The van der Waals surface area contributed by atoms with Gasteiger partial charge >= 0.3 is 6.03 Å². The maximum Gasteiger partial charge on any atom is 0.322 e. The minimum Gasteiger partial charge on any atom is -0.495 e. The third-order valence-electron chi connectivity index (χ3n) is 6.07. The van der Waals surface area contributed by atoms with Crippen LogP contribution in [0.5, 0.6) is 5.75 Å². The molecule has 10 nitrogen and oxygen atoms in total. The molecule has 0 bridgehead atoms. The largest absolute Gasteiger partial charge is 0.495 e. The van der Waals surface area contributed by atoms with Crippen LogP contribution in [-0.4, -0.2) is 80.2 Å². The molecular weight excluding hydrogens is 434 g/mol. The second-order valence-electron chi connectivity index (χ2n) is 8.23. The molecule has 1 aromatic rings. The summed E-state index contributed by atoms with van der Waals surface area (Å²) in [5, 5.41) is 5.48. The van der Waals surface area contributed by atoms with Crippen molar-refractivity contribution in [2.24, 2.45) is 0 Å². The second-order valence-corrected chi connectivity index (χ2v) is 10.2. The van der Waals surface area contributed by atoms with Gasteiger partial charge in [0.15, 0.2) is 0 Å². The van der Waals surface area contributed by atoms with Crippen molar-refractivity contribution in [2.45, 2.75) is 45.1 Å². The molecule has 178 valence electrons. The number of methoxy groups -OCH3 is 1. The Morgan fingerprint density at radius 1 is 1.06 bits per heavy atom. The summed E-state index contributed by atoms with van der Waals surface area (Å²) >= 11 is 0. The van der Waals surface area contributed by atoms with Gasteiger partial charge in [0.2, 0.25) is 5.91 Å². The summed E-state index contributed by atoms with van der Waals surface area (Å²) in [6.07, 6.45) is 5.09. The maximum absolute atomic E-state index is 13.0. The van der Waals surface area contributed by atoms with E-state index in [1.165, 1.54) is 22.6 Å². The second kappa shape index (κ2) is 10.5. The molecule has 1 saturated heterocycles. The molecule has 1 heterocycles. The Labute approximate surface area is 190 Å². The number of nitrogens with zero attached hydrogens (tertiary/aromatic N) is 3. The molecule has 32 heavy (non-hydrogen) atoms. The first-order valence-corrected chi connectivity index (χ1v) is 12.4. The number of urea groups is 1. The van der Waals surface area contributed by atoms with Gasteiger partial charge in [0.25, 0.3) is 10.2 Å². The summed E-state index contributed by atoms with van der Waals surface area (Å²) in [4.78, 5) is 25.7. The highest BCUT2D eigenvalue weighted by molar-refractivity contribution is 7.86. The van der Waals surface area contributed by atoms with Gasteiger partial charge in [0.05, 0.1) is 12.8 Å². The summed E-state index contributed by atoms with van der Waals surface area (Å²) in [5.41, 5.74) is 0.964. The lowest BCUT2D eigenvalue weighted by molar-refractivity contribution is -0.114. The molecule has 2 N–H and O–H groups in total. The zero-order valence-electron chi connectivity index (χ0n) is 19.0. The van der Waals surface area contributed by atoms with Gasteiger partial charge in [-0.05, 0) is 31.0 Å². The number of ether oxygens (including phenoxy) is 1. The quantitative estimate of drug-likeness (QED) is 0.667. The van der Waals surface area contributed by atoms with E-state index in [4.69, 9.17) is 4.74 Å². The molecule has 0 aromatic heterocycles. The van der Waals surface area contributed by atoms with Gasteiger partial charge < -0.3 is 20.3 Å². The smallest absolute Gasteiger partial charge is 0.322 e. The van der Waals surface area contributed by atoms with Gasteiger partial charge in [-0.1, -0.05) is 19.3 Å². The van der Waals surface area contributed by atoms with Crippen molar-refractivity contribution in [1.29, 1.82) is 0 Å². The SMILES string of the molecule is COc1ccc(NC(C)=O)cc1NC(=O)N1CCN(S(=O)(=O)N(C)C2CCCCC2)CC1. The summed E-state index contributed by atoms with van der Waals surface area (Å²) < 4.78 is 34.4. The van der Waals surface area contributed by atoms with Gasteiger partial charge in [0, 0.05) is 51.9 Å². The van der Waals surface area contributed by atoms with E-state index >= 15 is 0 Å². The Balaban J connectivity index is 1.60. The standard InChI is InChI=1S/C21H33N5O5S/c1-16(27)22-17-9-10-20(31-3)19(15-17)23-21(28)25-11-13-26(14-12-25)32(29,30)24(2)18-7-5-4-6-8-18/h9-10,15,18H,4-8,11-14H2,1-3H3,(H,22,27)(H,23,28). The summed E-state index contributed by atoms with van der Waals surface area (Å²) in [7, 11) is -0.388. The number of hydrogen-bond acceptors (Lipinski definition) is 5. The molecule has 1 aromatic carbocycles. The summed E-state index contributed by atoms with van der Waals surface area (Å²) in [5.74, 6) is 0.241. The molecule has 3 amide bonds. The number of carbonyl (C=O) groups excluding carboxylic acids is 2. The number of amides is 3. The molecule has 1 aliphatic heterocycles. The van der Waals surface area contributed by atoms with Crippen LogP contribution in [0.1, 0.15) is 39.0 Å². The van der Waals surface area contributed by atoms with E-state index in [2.05, 4.69) is 10.6 Å². The highest BCUT2D eigenvalue weighted by atomic mass is 32.2. The topological polar surface area (TPSA) is 111 Å². The molecule has 2 fully saturated rings. The first-order chi connectivity index (χ1) is 15.2. The molecule has 0 radical (unpaired) electrons. The summed E-state index contributed by atoms with van der Waals surface area (Å²) in [6, 6.07) is 4.67. The van der Waals surface area contributed by atoms with Crippen LogP contribution in [0.2, 0.25) is 0 Å². The van der Waals surface area contributed by atoms with Gasteiger partial charge in [-0.2, -0.15) is 17.0 Å². The third kappa shape index (κ3) is 5.70. The van der Waals surface area contributed by atoms with E-state index in [1.54, 1.807) is 30.1 Å². The van der Waals surface area contributed by atoms with Crippen molar-refractivity contribution >= 4 is 33.5 Å². The van der Waals surface area contributed by atoms with E-state index in [-0.39, 0.29) is 44.2 Å². The number of rotatable bonds is 6. The Morgan fingerprint density at radius 3 is 2.31 bits per heavy atom. The fourth-order valence-electron chi connectivity index (χ4n) is 4.22. The minimum atomic E-state index is -3.55. The van der Waals surface area contributed by atoms with Crippen molar-refractivity contribution < 1.29 is 22.7 Å². The van der Waals surface area contributed by atoms with Crippen molar-refractivity contribution in [3.8, 4) is 5.75 Å². The number of piperazine rings is 1. The molecule has 0 unspecified atom stereocenters. The molecule has 0 atom stereocenters. The highest BCUT2D eigenvalue weighted by Gasteiger charge is 2.35. The molecule has 3 rings (SSSR count). The van der Waals surface area contributed by atoms with Crippen molar-refractivity contribution in [3.05, 3.63) is 18.2 Å². The van der Waals surface area contributed by atoms with Gasteiger partial charge in [-0.15, -0.1) is 0 Å². The number of nitrogens with one attached hydrogen (secondary N) is 2. The third-order valence-corrected chi connectivity index (χ3v) is 8.11. The monoisotopic (exact) mass is 467 g/mol. The number of carbonyl (C=O) groups is 2. The van der Waals surface area contributed by atoms with Crippen LogP contribution in [0, 0.1) is 0 Å². The van der Waals surface area contributed by atoms with Crippen LogP contribution in [0.3, 0.4) is 0 Å². The zero-order chi connectivity index (χ0) is 23.3. The Morgan fingerprint density at radius 2 is 1.72 bits per heavy atom. The Kier molecular flexibility index (Phi) is 7.96. The molecule has 2 aliphatic rings. The lowest BCUT2D eigenvalue weighted by Crippen LogP contribution is -2.55. The van der Waals surface area contributed by atoms with Gasteiger partial charge in [0.1, 0.15) is 5.75 Å². The van der Waals surface area contributed by atoms with Crippen LogP contribution < -0.4 is 15.4 Å². The van der Waals surface area contributed by atoms with Crippen LogP contribution in [0.15, 0.2) is 18.2 Å². The average Bonchev–Trinajstić information content (AvgIpc) is 2.79. The number of hydrogen-bond donors (Lipinski definition) is 2. The maximum atomic E-state index is 13.0. The van der Waals surface area contributed by atoms with Crippen LogP contribution >= 0.6 is 0 Å². The van der Waals surface area contributed by atoms with E-state index in [9.17, 15) is 18.0 Å². The predicted octanol–water partition coefficient (Wildman–Crippen LogP) is 2.31. The normalized spacial score (nSPS) is 18.4. The van der Waals surface area contributed by atoms with Gasteiger partial charge in [-0.3, -0.25) is 4.79 Å². The lowest BCUT2D eigenvalue weighted by atomic mass is 9.96. The van der Waals surface area contributed by atoms with Crippen molar-refractivity contribution in [3.63, 3.8) is 0 Å². The zero-order valence-corrected chi connectivity index (χ0v) is 19.8. The molecular formula is C21H33N5O5S. The van der Waals surface area contributed by atoms with E-state index in [1.807, 2.05) is 0 Å². The predicted molar refractivity (Wildman–Crippen MR) is 123 cm³/mol. The fourth-order valence-corrected chi connectivity index (χ4v) is 5.79. The van der Waals surface area contributed by atoms with E-state index < -0.39 is 10.2 Å². The lowest BCUT2D eigenvalue weighted by Gasteiger charge is -2.38. The number of benzene rings is 1. The first-order valence-electron chi connectivity index (χ1n) is 11.0. The molecule has 1 aliphatic carbocycles. The molecule has 11 heteroatoms. The fraction of sp³-hybridized carbons (Fsp3) is 0.619. The van der Waals surface area contributed by atoms with E-state index in [0.29, 0.717) is 17.1 Å². The Bertz CT molecular complexity index is 925. The highest BCUT2D eigenvalue weighted by Crippen LogP contribution is 2.29. The molecule has 1 saturated carbocycles. The van der Waals surface area contributed by atoms with Crippen LogP contribution in [0.4, 0.5) is 16.2 Å². The van der Waals surface area contributed by atoms with E-state index in [0.717, 1.165) is 32.1 Å². The van der Waals surface area contributed by atoms with Crippen molar-refractivity contribution in [1.82, 2.24) is 13.5 Å².